The molecule has 0 aromatic heterocycles. The summed E-state index contributed by atoms with van der Waals surface area (Å²) in [6.45, 7) is 4.23. The molecule has 1 aliphatic heterocycles. The van der Waals surface area contributed by atoms with E-state index in [9.17, 15) is 14.9 Å². The summed E-state index contributed by atoms with van der Waals surface area (Å²) < 4.78 is 5.35. The maximum absolute atomic E-state index is 12.9. The quantitative estimate of drug-likeness (QED) is 0.393. The van der Waals surface area contributed by atoms with Gasteiger partial charge in [-0.25, -0.2) is 0 Å². The van der Waals surface area contributed by atoms with Gasteiger partial charge in [-0.2, -0.15) is 0 Å². The average molecular weight is 380 g/mol. The first-order valence-electron chi connectivity index (χ1n) is 9.45. The number of hydrogen-bond donors (Lipinski definition) is 0. The molecule has 6 heteroatoms. The third-order valence-electron chi connectivity index (χ3n) is 5.54. The molecule has 0 saturated heterocycles. The van der Waals surface area contributed by atoms with Gasteiger partial charge in [-0.15, -0.1) is 0 Å². The first kappa shape index (κ1) is 19.7. The van der Waals surface area contributed by atoms with Crippen molar-refractivity contribution in [3.8, 4) is 5.75 Å². The number of aliphatic imine (C=N–C) groups is 1. The van der Waals surface area contributed by atoms with Gasteiger partial charge in [0.05, 0.1) is 29.7 Å². The molecule has 146 valence electrons. The third kappa shape index (κ3) is 3.81. The van der Waals surface area contributed by atoms with E-state index in [4.69, 9.17) is 9.73 Å². The molecule has 0 fully saturated rings. The highest BCUT2D eigenvalue weighted by atomic mass is 16.6. The van der Waals surface area contributed by atoms with E-state index in [2.05, 4.69) is 13.8 Å². The second-order valence-corrected chi connectivity index (χ2v) is 7.10. The van der Waals surface area contributed by atoms with E-state index in [1.807, 2.05) is 18.2 Å². The van der Waals surface area contributed by atoms with Crippen molar-refractivity contribution in [2.45, 2.75) is 45.1 Å². The number of nitrogens with zero attached hydrogens (tertiary/aromatic N) is 2. The molecule has 0 unspecified atom stereocenters. The van der Waals surface area contributed by atoms with E-state index >= 15 is 0 Å². The molecule has 1 aliphatic rings. The van der Waals surface area contributed by atoms with E-state index < -0.39 is 4.92 Å². The van der Waals surface area contributed by atoms with Crippen LogP contribution in [0.15, 0.2) is 47.5 Å². The van der Waals surface area contributed by atoms with Gasteiger partial charge in [-0.3, -0.25) is 19.9 Å². The number of fused-ring (bicyclic) bond motifs is 1. The first-order valence-corrected chi connectivity index (χ1v) is 9.45. The lowest BCUT2D eigenvalue weighted by Gasteiger charge is -2.34. The standard InChI is InChI=1S/C22H24N2O4/c1-4-22(5-2)14-16-9-10-18(28-3)12-19(16)20(23-22)13-21(25)15-7-6-8-17(11-15)24(26)27/h6-12H,4-5,13-14H2,1-3H3. The molecule has 28 heavy (non-hydrogen) atoms. The van der Waals surface area contributed by atoms with E-state index in [-0.39, 0.29) is 23.4 Å². The Hall–Kier alpha value is -3.02. The number of ketones is 1. The lowest BCUT2D eigenvalue weighted by atomic mass is 9.80. The van der Waals surface area contributed by atoms with E-state index in [0.29, 0.717) is 5.56 Å². The summed E-state index contributed by atoms with van der Waals surface area (Å²) in [6, 6.07) is 11.7. The zero-order valence-electron chi connectivity index (χ0n) is 16.4. The number of carbonyl (C=O) groups excluding carboxylic acids is 1. The normalized spacial score (nSPS) is 14.8. The number of ether oxygens (including phenoxy) is 1. The zero-order chi connectivity index (χ0) is 20.3. The largest absolute Gasteiger partial charge is 0.497 e. The van der Waals surface area contributed by atoms with Crippen molar-refractivity contribution >= 4 is 17.2 Å². The van der Waals surface area contributed by atoms with Gasteiger partial charge in [0, 0.05) is 23.3 Å². The highest BCUT2D eigenvalue weighted by molar-refractivity contribution is 6.17. The van der Waals surface area contributed by atoms with E-state index in [1.54, 1.807) is 13.2 Å². The first-order chi connectivity index (χ1) is 13.4. The van der Waals surface area contributed by atoms with Crippen LogP contribution >= 0.6 is 0 Å². The topological polar surface area (TPSA) is 81.8 Å². The molecule has 0 N–H and O–H groups in total. The van der Waals surface area contributed by atoms with Gasteiger partial charge in [0.15, 0.2) is 5.78 Å². The minimum Gasteiger partial charge on any atom is -0.497 e. The van der Waals surface area contributed by atoms with Crippen LogP contribution in [-0.2, 0) is 6.42 Å². The van der Waals surface area contributed by atoms with Crippen molar-refractivity contribution in [2.75, 3.05) is 7.11 Å². The molecule has 2 aromatic rings. The molecule has 1 heterocycles. The lowest BCUT2D eigenvalue weighted by Crippen LogP contribution is -2.34. The summed E-state index contributed by atoms with van der Waals surface area (Å²) in [7, 11) is 1.61. The second kappa shape index (κ2) is 7.92. The monoisotopic (exact) mass is 380 g/mol. The van der Waals surface area contributed by atoms with Crippen LogP contribution in [0.4, 0.5) is 5.69 Å². The number of hydrogen-bond acceptors (Lipinski definition) is 5. The van der Waals surface area contributed by atoms with Crippen molar-refractivity contribution in [3.63, 3.8) is 0 Å². The van der Waals surface area contributed by atoms with Crippen LogP contribution < -0.4 is 4.74 Å². The van der Waals surface area contributed by atoms with Gasteiger partial charge >= 0.3 is 0 Å². The summed E-state index contributed by atoms with van der Waals surface area (Å²) in [5, 5.41) is 11.0. The number of carbonyl (C=O) groups is 1. The zero-order valence-corrected chi connectivity index (χ0v) is 16.4. The number of nitro groups is 1. The fraction of sp³-hybridized carbons (Fsp3) is 0.364. The molecule has 0 aliphatic carbocycles. The van der Waals surface area contributed by atoms with Gasteiger partial charge in [0.1, 0.15) is 5.75 Å². The van der Waals surface area contributed by atoms with Crippen LogP contribution in [0.25, 0.3) is 0 Å². The summed E-state index contributed by atoms with van der Waals surface area (Å²) in [4.78, 5) is 28.4. The Kier molecular flexibility index (Phi) is 5.58. The number of Topliss-reactive ketones (excluding diaryl/α,β-unsaturated/α-hetero) is 1. The molecular formula is C22H24N2O4. The van der Waals surface area contributed by atoms with Crippen LogP contribution in [-0.4, -0.2) is 29.1 Å². The Morgan fingerprint density at radius 1 is 1.21 bits per heavy atom. The molecule has 3 rings (SSSR count). The Balaban J connectivity index is 2.00. The van der Waals surface area contributed by atoms with Crippen LogP contribution in [0.5, 0.6) is 5.75 Å². The summed E-state index contributed by atoms with van der Waals surface area (Å²) in [5.41, 5.74) is 2.82. The number of non-ortho nitro benzene ring substituents is 1. The maximum Gasteiger partial charge on any atom is 0.270 e. The minimum atomic E-state index is -0.492. The van der Waals surface area contributed by atoms with Crippen molar-refractivity contribution in [2.24, 2.45) is 4.99 Å². The molecule has 0 saturated carbocycles. The minimum absolute atomic E-state index is 0.0880. The van der Waals surface area contributed by atoms with Gasteiger partial charge in [-0.05, 0) is 37.0 Å². The lowest BCUT2D eigenvalue weighted by molar-refractivity contribution is -0.384. The predicted octanol–water partition coefficient (Wildman–Crippen LogP) is 4.78. The molecule has 0 atom stereocenters. The van der Waals surface area contributed by atoms with Crippen molar-refractivity contribution in [1.29, 1.82) is 0 Å². The average Bonchev–Trinajstić information content (AvgIpc) is 2.73. The summed E-state index contributed by atoms with van der Waals surface area (Å²) in [5.74, 6) is 0.536. The molecule has 0 amide bonds. The van der Waals surface area contributed by atoms with Crippen molar-refractivity contribution in [3.05, 3.63) is 69.3 Å². The Bertz CT molecular complexity index is 945. The predicted molar refractivity (Wildman–Crippen MR) is 109 cm³/mol. The third-order valence-corrected chi connectivity index (χ3v) is 5.54. The molecular weight excluding hydrogens is 356 g/mol. The molecule has 0 radical (unpaired) electrons. The summed E-state index contributed by atoms with van der Waals surface area (Å²) in [6.07, 6.45) is 2.68. The molecule has 0 spiro atoms. The van der Waals surface area contributed by atoms with E-state index in [1.165, 1.54) is 18.2 Å². The van der Waals surface area contributed by atoms with Gasteiger partial charge in [0.25, 0.3) is 5.69 Å². The Morgan fingerprint density at radius 2 is 1.96 bits per heavy atom. The van der Waals surface area contributed by atoms with Crippen LogP contribution in [0.1, 0.15) is 54.6 Å². The Morgan fingerprint density at radius 3 is 2.61 bits per heavy atom. The van der Waals surface area contributed by atoms with Crippen molar-refractivity contribution < 1.29 is 14.5 Å². The van der Waals surface area contributed by atoms with Gasteiger partial charge in [0.2, 0.25) is 0 Å². The smallest absolute Gasteiger partial charge is 0.270 e. The van der Waals surface area contributed by atoms with Crippen LogP contribution in [0.2, 0.25) is 0 Å². The summed E-state index contributed by atoms with van der Waals surface area (Å²) >= 11 is 0. The van der Waals surface area contributed by atoms with Crippen molar-refractivity contribution in [1.82, 2.24) is 0 Å². The van der Waals surface area contributed by atoms with Gasteiger partial charge in [-0.1, -0.05) is 32.0 Å². The van der Waals surface area contributed by atoms with E-state index in [0.717, 1.165) is 41.9 Å². The highest BCUT2D eigenvalue weighted by Crippen LogP contribution is 2.35. The molecule has 6 nitrogen and oxygen atoms in total. The fourth-order valence-electron chi connectivity index (χ4n) is 3.69. The molecule has 2 aromatic carbocycles. The highest BCUT2D eigenvalue weighted by Gasteiger charge is 2.33. The maximum atomic E-state index is 12.9. The van der Waals surface area contributed by atoms with Crippen LogP contribution in [0, 0.1) is 10.1 Å². The second-order valence-electron chi connectivity index (χ2n) is 7.10. The van der Waals surface area contributed by atoms with Crippen LogP contribution in [0.3, 0.4) is 0 Å². The number of methoxy groups -OCH3 is 1. The fourth-order valence-corrected chi connectivity index (χ4v) is 3.69. The number of rotatable bonds is 7. The SMILES string of the molecule is CCC1(CC)Cc2ccc(OC)cc2C(CC(=O)c2cccc([N+](=O)[O-])c2)=N1. The Labute approximate surface area is 164 Å². The number of benzene rings is 2. The van der Waals surface area contributed by atoms with Gasteiger partial charge < -0.3 is 4.74 Å². The number of nitro benzene ring substituents is 1. The molecule has 0 bridgehead atoms.